The summed E-state index contributed by atoms with van der Waals surface area (Å²) in [7, 11) is 0. The van der Waals surface area contributed by atoms with E-state index >= 15 is 0 Å². The number of nitrogens with one attached hydrogen (secondary N) is 2. The molecule has 2 N–H and O–H groups in total. The van der Waals surface area contributed by atoms with E-state index < -0.39 is 5.60 Å². The lowest BCUT2D eigenvalue weighted by Gasteiger charge is -2.29. The first-order valence-electron chi connectivity index (χ1n) is 10.2. The van der Waals surface area contributed by atoms with Crippen molar-refractivity contribution in [1.82, 2.24) is 15.2 Å². The number of carbonyl (C=O) groups is 1. The number of aryl methyl sites for hydroxylation is 1. The first-order valence-corrected chi connectivity index (χ1v) is 10.2. The Morgan fingerprint density at radius 1 is 1.15 bits per heavy atom. The molecule has 1 aromatic heterocycles. The zero-order chi connectivity index (χ0) is 19.7. The average molecular weight is 378 g/mol. The Bertz CT molecular complexity index is 636. The summed E-state index contributed by atoms with van der Waals surface area (Å²) < 4.78 is 7.17. The second-order valence-electron chi connectivity index (χ2n) is 8.39. The third kappa shape index (κ3) is 8.16. The monoisotopic (exact) mass is 377 g/mol. The number of alkyl carbamates (subject to hydrolysis) is 1. The lowest BCUT2D eigenvalue weighted by Crippen LogP contribution is -2.50. The van der Waals surface area contributed by atoms with Crippen LogP contribution in [-0.2, 0) is 11.3 Å². The van der Waals surface area contributed by atoms with Gasteiger partial charge in [0.15, 0.2) is 0 Å². The normalized spacial score (nSPS) is 20.7. The number of carbonyl (C=O) groups excluding carboxylic acids is 1. The van der Waals surface area contributed by atoms with Crippen LogP contribution in [0.4, 0.5) is 4.79 Å². The Kier molecular flexibility index (Phi) is 8.35. The van der Waals surface area contributed by atoms with Gasteiger partial charge in [-0.3, -0.25) is 4.79 Å². The van der Waals surface area contributed by atoms with Crippen molar-refractivity contribution in [2.75, 3.05) is 6.54 Å². The van der Waals surface area contributed by atoms with Crippen LogP contribution in [0.25, 0.3) is 0 Å². The summed E-state index contributed by atoms with van der Waals surface area (Å²) in [6.07, 6.45) is 9.03. The highest BCUT2D eigenvalue weighted by atomic mass is 16.6. The zero-order valence-electron chi connectivity index (χ0n) is 17.0. The van der Waals surface area contributed by atoms with Crippen LogP contribution < -0.4 is 16.2 Å². The van der Waals surface area contributed by atoms with Gasteiger partial charge in [0.05, 0.1) is 0 Å². The summed E-state index contributed by atoms with van der Waals surface area (Å²) in [5.41, 5.74) is -0.427. The van der Waals surface area contributed by atoms with Crippen LogP contribution in [0.1, 0.15) is 65.7 Å². The molecular weight excluding hydrogens is 342 g/mol. The van der Waals surface area contributed by atoms with Gasteiger partial charge in [-0.25, -0.2) is 4.79 Å². The summed E-state index contributed by atoms with van der Waals surface area (Å²) >= 11 is 0. The second-order valence-corrected chi connectivity index (χ2v) is 8.39. The van der Waals surface area contributed by atoms with Gasteiger partial charge < -0.3 is 19.9 Å². The van der Waals surface area contributed by atoms with E-state index in [1.165, 1.54) is 12.8 Å². The molecule has 2 atom stereocenters. The number of amides is 1. The van der Waals surface area contributed by atoms with Crippen LogP contribution >= 0.6 is 0 Å². The third-order valence-corrected chi connectivity index (χ3v) is 4.85. The van der Waals surface area contributed by atoms with Crippen LogP contribution in [-0.4, -0.2) is 34.9 Å². The first-order chi connectivity index (χ1) is 12.8. The van der Waals surface area contributed by atoms with E-state index in [0.29, 0.717) is 0 Å². The summed E-state index contributed by atoms with van der Waals surface area (Å²) in [6.45, 7) is 7.28. The smallest absolute Gasteiger partial charge is 0.407 e. The molecule has 6 nitrogen and oxygen atoms in total. The van der Waals surface area contributed by atoms with Gasteiger partial charge in [0.1, 0.15) is 5.60 Å². The Labute approximate surface area is 162 Å². The number of rotatable bonds is 7. The molecule has 27 heavy (non-hydrogen) atoms. The van der Waals surface area contributed by atoms with Gasteiger partial charge >= 0.3 is 6.09 Å². The van der Waals surface area contributed by atoms with Gasteiger partial charge in [-0.05, 0) is 59.1 Å². The van der Waals surface area contributed by atoms with E-state index in [0.717, 1.165) is 45.2 Å². The Balaban J connectivity index is 1.76. The maximum absolute atomic E-state index is 12.2. The van der Waals surface area contributed by atoms with Crippen molar-refractivity contribution < 1.29 is 9.53 Å². The highest BCUT2D eigenvalue weighted by Gasteiger charge is 2.26. The van der Waals surface area contributed by atoms with Crippen molar-refractivity contribution in [3.63, 3.8) is 0 Å². The van der Waals surface area contributed by atoms with E-state index in [-0.39, 0.29) is 23.7 Å². The van der Waals surface area contributed by atoms with Crippen molar-refractivity contribution in [3.05, 3.63) is 34.7 Å². The molecule has 0 bridgehead atoms. The minimum absolute atomic E-state index is 0.0517. The largest absolute Gasteiger partial charge is 0.444 e. The molecular formula is C21H35N3O3. The Morgan fingerprint density at radius 3 is 2.59 bits per heavy atom. The lowest BCUT2D eigenvalue weighted by molar-refractivity contribution is 0.0489. The SMILES string of the molecule is CC(C)(C)OC(=O)N[C@H]1CCCCC[C@@H]1NCCCCn1ccccc1=O. The lowest BCUT2D eigenvalue weighted by atomic mass is 10.0. The molecule has 0 aromatic carbocycles. The molecule has 1 fully saturated rings. The predicted molar refractivity (Wildman–Crippen MR) is 108 cm³/mol. The molecule has 6 heteroatoms. The van der Waals surface area contributed by atoms with Crippen molar-refractivity contribution in [3.8, 4) is 0 Å². The van der Waals surface area contributed by atoms with Gasteiger partial charge in [0.2, 0.25) is 5.56 Å². The molecule has 0 spiro atoms. The highest BCUT2D eigenvalue weighted by molar-refractivity contribution is 5.68. The number of unbranched alkanes of at least 4 members (excludes halogenated alkanes) is 1. The average Bonchev–Trinajstić information content (AvgIpc) is 2.80. The summed E-state index contributed by atoms with van der Waals surface area (Å²) in [6, 6.07) is 5.64. The standard InChI is InChI=1S/C21H35N3O3/c1-21(2,3)27-20(26)23-18-12-6-4-5-11-17(18)22-14-8-10-16-24-15-9-7-13-19(24)25/h7,9,13,15,17-18,22H,4-6,8,10-12,14,16H2,1-3H3,(H,23,26)/t17-,18-/m0/s1. The molecule has 1 aliphatic rings. The molecule has 1 heterocycles. The maximum Gasteiger partial charge on any atom is 0.407 e. The molecule has 1 aromatic rings. The van der Waals surface area contributed by atoms with Gasteiger partial charge in [0.25, 0.3) is 0 Å². The third-order valence-electron chi connectivity index (χ3n) is 4.85. The molecule has 1 saturated carbocycles. The number of hydrogen-bond donors (Lipinski definition) is 2. The van der Waals surface area contributed by atoms with E-state index in [4.69, 9.17) is 4.74 Å². The number of aromatic nitrogens is 1. The van der Waals surface area contributed by atoms with Crippen molar-refractivity contribution >= 4 is 6.09 Å². The van der Waals surface area contributed by atoms with E-state index in [1.807, 2.05) is 33.0 Å². The Morgan fingerprint density at radius 2 is 1.89 bits per heavy atom. The molecule has 1 aliphatic carbocycles. The maximum atomic E-state index is 12.2. The fourth-order valence-electron chi connectivity index (χ4n) is 3.52. The van der Waals surface area contributed by atoms with Gasteiger partial charge in [0, 0.05) is 30.9 Å². The van der Waals surface area contributed by atoms with E-state index in [2.05, 4.69) is 10.6 Å². The fourth-order valence-corrected chi connectivity index (χ4v) is 3.52. The van der Waals surface area contributed by atoms with Crippen LogP contribution in [0.2, 0.25) is 0 Å². The molecule has 1 amide bonds. The summed E-state index contributed by atoms with van der Waals surface area (Å²) in [5, 5.41) is 6.69. The number of hydrogen-bond acceptors (Lipinski definition) is 4. The fraction of sp³-hybridized carbons (Fsp3) is 0.714. The topological polar surface area (TPSA) is 72.4 Å². The molecule has 152 valence electrons. The predicted octanol–water partition coefficient (Wildman–Crippen LogP) is 3.44. The molecule has 0 unspecified atom stereocenters. The highest BCUT2D eigenvalue weighted by Crippen LogP contribution is 2.19. The van der Waals surface area contributed by atoms with Gasteiger partial charge in [-0.1, -0.05) is 25.3 Å². The minimum atomic E-state index is -0.479. The van der Waals surface area contributed by atoms with E-state index in [9.17, 15) is 9.59 Å². The van der Waals surface area contributed by atoms with Gasteiger partial charge in [-0.15, -0.1) is 0 Å². The van der Waals surface area contributed by atoms with Crippen LogP contribution in [0.3, 0.4) is 0 Å². The van der Waals surface area contributed by atoms with Crippen LogP contribution in [0, 0.1) is 0 Å². The van der Waals surface area contributed by atoms with Crippen LogP contribution in [0.15, 0.2) is 29.2 Å². The minimum Gasteiger partial charge on any atom is -0.444 e. The number of ether oxygens (including phenoxy) is 1. The first kappa shape index (κ1) is 21.5. The van der Waals surface area contributed by atoms with E-state index in [1.54, 1.807) is 16.7 Å². The quantitative estimate of drug-likeness (QED) is 0.564. The molecule has 2 rings (SSSR count). The van der Waals surface area contributed by atoms with Crippen LogP contribution in [0.5, 0.6) is 0 Å². The zero-order valence-corrected chi connectivity index (χ0v) is 17.0. The van der Waals surface area contributed by atoms with Crippen molar-refractivity contribution in [2.24, 2.45) is 0 Å². The molecule has 0 saturated heterocycles. The van der Waals surface area contributed by atoms with Gasteiger partial charge in [-0.2, -0.15) is 0 Å². The second kappa shape index (κ2) is 10.5. The van der Waals surface area contributed by atoms with Crippen molar-refractivity contribution in [1.29, 1.82) is 0 Å². The summed E-state index contributed by atoms with van der Waals surface area (Å²) in [5.74, 6) is 0. The number of nitrogens with zero attached hydrogens (tertiary/aromatic N) is 1. The molecule has 0 radical (unpaired) electrons. The number of pyridine rings is 1. The van der Waals surface area contributed by atoms with Crippen molar-refractivity contribution in [2.45, 2.75) is 89.9 Å². The summed E-state index contributed by atoms with van der Waals surface area (Å²) in [4.78, 5) is 23.9. The Hall–Kier alpha value is -1.82. The molecule has 0 aliphatic heterocycles.